The molecule has 0 spiro atoms. The van der Waals surface area contributed by atoms with Crippen LogP contribution < -0.4 is 4.74 Å². The Morgan fingerprint density at radius 1 is 1.17 bits per heavy atom. The van der Waals surface area contributed by atoms with Crippen LogP contribution in [-0.4, -0.2) is 18.7 Å². The Bertz CT molecular complexity index is 468. The van der Waals surface area contributed by atoms with Crippen molar-refractivity contribution in [2.75, 3.05) is 6.61 Å². The molecule has 23 heavy (non-hydrogen) atoms. The van der Waals surface area contributed by atoms with E-state index in [4.69, 9.17) is 9.47 Å². The van der Waals surface area contributed by atoms with E-state index in [1.807, 2.05) is 31.2 Å². The molecule has 0 saturated carbocycles. The molecule has 128 valence electrons. The van der Waals surface area contributed by atoms with Crippen LogP contribution in [0.3, 0.4) is 0 Å². The Balaban J connectivity index is 2.21. The van der Waals surface area contributed by atoms with Crippen molar-refractivity contribution in [3.63, 3.8) is 0 Å². The maximum atomic E-state index is 11.3. The molecule has 0 amide bonds. The molecule has 3 nitrogen and oxygen atoms in total. The van der Waals surface area contributed by atoms with Gasteiger partial charge in [-0.3, -0.25) is 0 Å². The van der Waals surface area contributed by atoms with E-state index in [1.165, 1.54) is 31.8 Å². The molecular weight excluding hydrogens is 288 g/mol. The topological polar surface area (TPSA) is 35.5 Å². The van der Waals surface area contributed by atoms with E-state index in [1.54, 1.807) is 0 Å². The summed E-state index contributed by atoms with van der Waals surface area (Å²) in [5.41, 5.74) is 1.09. The van der Waals surface area contributed by atoms with Gasteiger partial charge in [-0.05, 0) is 44.7 Å². The van der Waals surface area contributed by atoms with E-state index in [2.05, 4.69) is 13.5 Å². The number of rotatable bonds is 12. The number of esters is 1. The third-order valence-corrected chi connectivity index (χ3v) is 3.86. The minimum atomic E-state index is -0.402. The van der Waals surface area contributed by atoms with Gasteiger partial charge in [-0.25, -0.2) is 4.79 Å². The number of carbonyl (C=O) groups excluding carboxylic acids is 1. The lowest BCUT2D eigenvalue weighted by Gasteiger charge is -2.11. The van der Waals surface area contributed by atoms with E-state index < -0.39 is 5.97 Å². The number of carbonyl (C=O) groups is 1. The molecule has 0 heterocycles. The van der Waals surface area contributed by atoms with Gasteiger partial charge in [-0.1, -0.05) is 50.5 Å². The summed E-state index contributed by atoms with van der Waals surface area (Å²) in [7, 11) is 0. The molecule has 0 saturated heterocycles. The minimum absolute atomic E-state index is 0.381. The highest BCUT2D eigenvalue weighted by Gasteiger charge is 2.06. The SMILES string of the molecule is C=CC(=O)Oc1ccccc1CCCCCCCC(C)OCC. The summed E-state index contributed by atoms with van der Waals surface area (Å²) >= 11 is 0. The summed E-state index contributed by atoms with van der Waals surface area (Å²) in [5.74, 6) is 0.254. The molecule has 1 aromatic carbocycles. The second-order valence-corrected chi connectivity index (χ2v) is 5.81. The van der Waals surface area contributed by atoms with Gasteiger partial charge in [0.1, 0.15) is 5.75 Å². The summed E-state index contributed by atoms with van der Waals surface area (Å²) in [6, 6.07) is 7.73. The first-order valence-corrected chi connectivity index (χ1v) is 8.71. The van der Waals surface area contributed by atoms with Crippen LogP contribution in [0.4, 0.5) is 0 Å². The molecule has 3 heteroatoms. The first-order valence-electron chi connectivity index (χ1n) is 8.71. The molecule has 0 N–H and O–H groups in total. The third-order valence-electron chi connectivity index (χ3n) is 3.86. The average molecular weight is 318 g/mol. The minimum Gasteiger partial charge on any atom is -0.423 e. The van der Waals surface area contributed by atoms with Crippen molar-refractivity contribution in [2.45, 2.75) is 64.9 Å². The average Bonchev–Trinajstić information content (AvgIpc) is 2.55. The monoisotopic (exact) mass is 318 g/mol. The number of unbranched alkanes of at least 4 members (excludes halogenated alkanes) is 4. The van der Waals surface area contributed by atoms with E-state index in [9.17, 15) is 4.79 Å². The highest BCUT2D eigenvalue weighted by atomic mass is 16.5. The van der Waals surface area contributed by atoms with E-state index >= 15 is 0 Å². The maximum absolute atomic E-state index is 11.3. The Labute approximate surface area is 140 Å². The van der Waals surface area contributed by atoms with Gasteiger partial charge in [0.2, 0.25) is 0 Å². The van der Waals surface area contributed by atoms with E-state index in [0.29, 0.717) is 11.9 Å². The fraction of sp³-hybridized carbons (Fsp3) is 0.550. The van der Waals surface area contributed by atoms with Gasteiger partial charge in [0, 0.05) is 12.7 Å². The van der Waals surface area contributed by atoms with Crippen molar-refractivity contribution in [3.8, 4) is 5.75 Å². The predicted octanol–water partition coefficient (Wildman–Crippen LogP) is 5.09. The van der Waals surface area contributed by atoms with Gasteiger partial charge in [-0.15, -0.1) is 0 Å². The van der Waals surface area contributed by atoms with Gasteiger partial charge in [0.05, 0.1) is 6.10 Å². The molecule has 1 rings (SSSR count). The van der Waals surface area contributed by atoms with Crippen molar-refractivity contribution >= 4 is 5.97 Å². The van der Waals surface area contributed by atoms with Gasteiger partial charge in [0.15, 0.2) is 0 Å². The maximum Gasteiger partial charge on any atom is 0.335 e. The van der Waals surface area contributed by atoms with Crippen LogP contribution in [-0.2, 0) is 16.0 Å². The quantitative estimate of drug-likeness (QED) is 0.233. The van der Waals surface area contributed by atoms with Crippen LogP contribution in [0.15, 0.2) is 36.9 Å². The van der Waals surface area contributed by atoms with Gasteiger partial charge >= 0.3 is 5.97 Å². The summed E-state index contributed by atoms with van der Waals surface area (Å²) in [5, 5.41) is 0. The lowest BCUT2D eigenvalue weighted by molar-refractivity contribution is -0.129. The third kappa shape index (κ3) is 8.56. The molecule has 0 radical (unpaired) electrons. The van der Waals surface area contributed by atoms with Crippen molar-refractivity contribution in [1.29, 1.82) is 0 Å². The second kappa shape index (κ2) is 11.9. The number of para-hydroxylation sites is 1. The van der Waals surface area contributed by atoms with Crippen molar-refractivity contribution in [3.05, 3.63) is 42.5 Å². The number of aryl methyl sites for hydroxylation is 1. The largest absolute Gasteiger partial charge is 0.423 e. The van der Waals surface area contributed by atoms with E-state index in [0.717, 1.165) is 31.4 Å². The summed E-state index contributed by atoms with van der Waals surface area (Å²) in [6.07, 6.45) is 9.71. The number of hydrogen-bond donors (Lipinski definition) is 0. The lowest BCUT2D eigenvalue weighted by Crippen LogP contribution is -2.07. The molecule has 0 aliphatic heterocycles. The molecule has 0 aromatic heterocycles. The van der Waals surface area contributed by atoms with Crippen LogP contribution in [0, 0.1) is 0 Å². The first-order chi connectivity index (χ1) is 11.2. The molecule has 1 unspecified atom stereocenters. The fourth-order valence-electron chi connectivity index (χ4n) is 2.61. The lowest BCUT2D eigenvalue weighted by atomic mass is 10.0. The summed E-state index contributed by atoms with van der Waals surface area (Å²) < 4.78 is 10.8. The van der Waals surface area contributed by atoms with Gasteiger partial charge in [0.25, 0.3) is 0 Å². The summed E-state index contributed by atoms with van der Waals surface area (Å²) in [6.45, 7) is 8.42. The second-order valence-electron chi connectivity index (χ2n) is 5.81. The van der Waals surface area contributed by atoms with Crippen LogP contribution in [0.25, 0.3) is 0 Å². The molecular formula is C20H30O3. The van der Waals surface area contributed by atoms with E-state index in [-0.39, 0.29) is 0 Å². The molecule has 0 aliphatic rings. The normalized spacial score (nSPS) is 11.9. The van der Waals surface area contributed by atoms with Gasteiger partial charge < -0.3 is 9.47 Å². The van der Waals surface area contributed by atoms with Crippen molar-refractivity contribution < 1.29 is 14.3 Å². The Kier molecular flexibility index (Phi) is 10.0. The fourth-order valence-corrected chi connectivity index (χ4v) is 2.61. The zero-order chi connectivity index (χ0) is 16.9. The molecule has 1 atom stereocenters. The molecule has 0 fully saturated rings. The number of benzene rings is 1. The Morgan fingerprint density at radius 3 is 2.61 bits per heavy atom. The van der Waals surface area contributed by atoms with Crippen LogP contribution >= 0.6 is 0 Å². The van der Waals surface area contributed by atoms with Crippen LogP contribution in [0.2, 0.25) is 0 Å². The van der Waals surface area contributed by atoms with Gasteiger partial charge in [-0.2, -0.15) is 0 Å². The van der Waals surface area contributed by atoms with Crippen LogP contribution in [0.1, 0.15) is 57.9 Å². The highest BCUT2D eigenvalue weighted by molar-refractivity contribution is 5.83. The van der Waals surface area contributed by atoms with Crippen molar-refractivity contribution in [2.24, 2.45) is 0 Å². The molecule has 1 aromatic rings. The number of hydrogen-bond acceptors (Lipinski definition) is 3. The Hall–Kier alpha value is -1.61. The highest BCUT2D eigenvalue weighted by Crippen LogP contribution is 2.21. The molecule has 0 aliphatic carbocycles. The molecule has 0 bridgehead atoms. The standard InChI is InChI=1S/C20H30O3/c1-4-20(21)23-19-16-12-11-15-18(19)14-10-8-6-7-9-13-17(3)22-5-2/h4,11-12,15-17H,1,5-10,13-14H2,2-3H3. The first kappa shape index (κ1) is 19.4. The summed E-state index contributed by atoms with van der Waals surface area (Å²) in [4.78, 5) is 11.3. The smallest absolute Gasteiger partial charge is 0.335 e. The number of ether oxygens (including phenoxy) is 2. The zero-order valence-electron chi connectivity index (χ0n) is 14.6. The Morgan fingerprint density at radius 2 is 1.87 bits per heavy atom. The predicted molar refractivity (Wildman–Crippen MR) is 94.8 cm³/mol. The van der Waals surface area contributed by atoms with Crippen LogP contribution in [0.5, 0.6) is 5.75 Å². The zero-order valence-corrected chi connectivity index (χ0v) is 14.6. The van der Waals surface area contributed by atoms with Crippen molar-refractivity contribution in [1.82, 2.24) is 0 Å².